The number of rotatable bonds is 7. The van der Waals surface area contributed by atoms with Crippen molar-refractivity contribution in [1.82, 2.24) is 5.43 Å². The largest absolute Gasteiger partial charge is 0.490 e. The van der Waals surface area contributed by atoms with E-state index < -0.39 is 0 Å². The van der Waals surface area contributed by atoms with E-state index in [1.807, 2.05) is 54.6 Å². The van der Waals surface area contributed by atoms with Crippen LogP contribution in [0.1, 0.15) is 5.56 Å². The molecule has 0 aliphatic carbocycles. The third-order valence-electron chi connectivity index (χ3n) is 2.61. The highest BCUT2D eigenvalue weighted by Crippen LogP contribution is 2.12. The maximum Gasteiger partial charge on any atom is 0.184 e. The van der Waals surface area contributed by atoms with Crippen molar-refractivity contribution < 1.29 is 9.47 Å². The Bertz CT molecular complexity index is 632. The van der Waals surface area contributed by atoms with Gasteiger partial charge in [-0.2, -0.15) is 5.10 Å². The average Bonchev–Trinajstić information content (AvgIpc) is 2.53. The van der Waals surface area contributed by atoms with Crippen LogP contribution in [-0.2, 0) is 0 Å². The van der Waals surface area contributed by atoms with Gasteiger partial charge in [-0.25, -0.2) is 0 Å². The van der Waals surface area contributed by atoms with Crippen molar-refractivity contribution in [1.29, 1.82) is 0 Å². The van der Waals surface area contributed by atoms with Crippen molar-refractivity contribution in [3.05, 3.63) is 60.2 Å². The van der Waals surface area contributed by atoms with Crippen LogP contribution in [0, 0.1) is 0 Å². The molecule has 0 heterocycles. The van der Waals surface area contributed by atoms with Crippen molar-refractivity contribution in [3.8, 4) is 11.5 Å². The smallest absolute Gasteiger partial charge is 0.184 e. The maximum atomic E-state index is 5.64. The highest BCUT2D eigenvalue weighted by Gasteiger charge is 1.97. The summed E-state index contributed by atoms with van der Waals surface area (Å²) in [6.45, 7) is 0.936. The van der Waals surface area contributed by atoms with E-state index >= 15 is 0 Å². The number of nitrogens with one attached hydrogen (secondary N) is 1. The summed E-state index contributed by atoms with van der Waals surface area (Å²) in [6.07, 6.45) is 1.62. The minimum atomic E-state index is 0.127. The molecular weight excluding hydrogens is 298 g/mol. The van der Waals surface area contributed by atoms with Crippen molar-refractivity contribution in [2.24, 2.45) is 10.8 Å². The number of nitrogens with zero attached hydrogens (tertiary/aromatic N) is 1. The Morgan fingerprint density at radius 3 is 2.45 bits per heavy atom. The van der Waals surface area contributed by atoms with E-state index in [1.54, 1.807) is 6.21 Å². The lowest BCUT2D eigenvalue weighted by Crippen LogP contribution is -2.23. The first-order chi connectivity index (χ1) is 10.7. The van der Waals surface area contributed by atoms with Crippen LogP contribution in [0.2, 0.25) is 0 Å². The first-order valence-corrected chi connectivity index (χ1v) is 7.14. The molecule has 0 bridgehead atoms. The third-order valence-corrected chi connectivity index (χ3v) is 2.70. The van der Waals surface area contributed by atoms with E-state index in [9.17, 15) is 0 Å². The van der Waals surface area contributed by atoms with Crippen LogP contribution in [-0.4, -0.2) is 24.5 Å². The molecular formula is C16H17N3O2S. The summed E-state index contributed by atoms with van der Waals surface area (Å²) in [5, 5.41) is 4.02. The Kier molecular flexibility index (Phi) is 6.19. The lowest BCUT2D eigenvalue weighted by Gasteiger charge is -2.08. The zero-order chi connectivity index (χ0) is 15.6. The highest BCUT2D eigenvalue weighted by molar-refractivity contribution is 7.80. The van der Waals surface area contributed by atoms with E-state index in [0.29, 0.717) is 13.2 Å². The van der Waals surface area contributed by atoms with Gasteiger partial charge in [0.1, 0.15) is 24.7 Å². The second-order valence-corrected chi connectivity index (χ2v) is 4.76. The summed E-state index contributed by atoms with van der Waals surface area (Å²) in [6, 6.07) is 17.2. The van der Waals surface area contributed by atoms with E-state index in [0.717, 1.165) is 17.1 Å². The molecule has 0 atom stereocenters. The van der Waals surface area contributed by atoms with Gasteiger partial charge in [-0.15, -0.1) is 0 Å². The van der Waals surface area contributed by atoms with Gasteiger partial charge in [-0.1, -0.05) is 30.3 Å². The number of benzene rings is 2. The fourth-order valence-electron chi connectivity index (χ4n) is 1.69. The molecule has 0 amide bonds. The van der Waals surface area contributed by atoms with Gasteiger partial charge >= 0.3 is 0 Å². The predicted octanol–water partition coefficient (Wildman–Crippen LogP) is 2.31. The van der Waals surface area contributed by atoms with E-state index in [4.69, 9.17) is 15.2 Å². The Hall–Kier alpha value is -2.60. The molecule has 0 aliphatic heterocycles. The van der Waals surface area contributed by atoms with E-state index in [-0.39, 0.29) is 5.11 Å². The van der Waals surface area contributed by atoms with Crippen LogP contribution in [0.25, 0.3) is 0 Å². The molecule has 0 aromatic heterocycles. The van der Waals surface area contributed by atoms with Gasteiger partial charge in [-0.05, 0) is 42.0 Å². The average molecular weight is 315 g/mol. The van der Waals surface area contributed by atoms with E-state index in [2.05, 4.69) is 22.7 Å². The molecule has 0 aliphatic rings. The van der Waals surface area contributed by atoms with Crippen molar-refractivity contribution >= 4 is 23.5 Å². The topological polar surface area (TPSA) is 68.9 Å². The summed E-state index contributed by atoms with van der Waals surface area (Å²) >= 11 is 4.66. The zero-order valence-corrected chi connectivity index (χ0v) is 12.8. The van der Waals surface area contributed by atoms with Gasteiger partial charge in [0.2, 0.25) is 0 Å². The van der Waals surface area contributed by atoms with Crippen LogP contribution in [0.3, 0.4) is 0 Å². The Morgan fingerprint density at radius 2 is 1.73 bits per heavy atom. The summed E-state index contributed by atoms with van der Waals surface area (Å²) in [5.74, 6) is 1.58. The van der Waals surface area contributed by atoms with Gasteiger partial charge < -0.3 is 15.2 Å². The third kappa shape index (κ3) is 5.80. The summed E-state index contributed by atoms with van der Waals surface area (Å²) in [7, 11) is 0. The number of hydrogen-bond donors (Lipinski definition) is 2. The first-order valence-electron chi connectivity index (χ1n) is 6.73. The van der Waals surface area contributed by atoms with Crippen molar-refractivity contribution in [2.45, 2.75) is 0 Å². The molecule has 3 N–H and O–H groups in total. The normalized spacial score (nSPS) is 10.4. The van der Waals surface area contributed by atoms with Gasteiger partial charge in [0.15, 0.2) is 5.11 Å². The lowest BCUT2D eigenvalue weighted by atomic mass is 10.2. The van der Waals surface area contributed by atoms with Crippen LogP contribution < -0.4 is 20.6 Å². The van der Waals surface area contributed by atoms with Gasteiger partial charge in [0.25, 0.3) is 0 Å². The Balaban J connectivity index is 1.78. The van der Waals surface area contributed by atoms with Crippen molar-refractivity contribution in [3.63, 3.8) is 0 Å². The molecule has 22 heavy (non-hydrogen) atoms. The quantitative estimate of drug-likeness (QED) is 0.355. The van der Waals surface area contributed by atoms with Gasteiger partial charge in [0.05, 0.1) is 6.21 Å². The summed E-state index contributed by atoms with van der Waals surface area (Å²) in [5.41, 5.74) is 8.67. The molecule has 0 radical (unpaired) electrons. The van der Waals surface area contributed by atoms with E-state index in [1.165, 1.54) is 0 Å². The lowest BCUT2D eigenvalue weighted by molar-refractivity contribution is 0.217. The summed E-state index contributed by atoms with van der Waals surface area (Å²) in [4.78, 5) is 0. The molecule has 0 saturated heterocycles. The highest BCUT2D eigenvalue weighted by atomic mass is 32.1. The molecule has 0 saturated carbocycles. The molecule has 6 heteroatoms. The molecule has 0 unspecified atom stereocenters. The number of nitrogens with two attached hydrogens (primary N) is 1. The number of ether oxygens (including phenoxy) is 2. The van der Waals surface area contributed by atoms with Gasteiger partial charge in [-0.3, -0.25) is 5.43 Å². The van der Waals surface area contributed by atoms with Crippen LogP contribution >= 0.6 is 12.2 Å². The van der Waals surface area contributed by atoms with Crippen LogP contribution in [0.5, 0.6) is 11.5 Å². The minimum absolute atomic E-state index is 0.127. The second kappa shape index (κ2) is 8.63. The van der Waals surface area contributed by atoms with Crippen LogP contribution in [0.4, 0.5) is 0 Å². The molecule has 2 rings (SSSR count). The number of hydrazone groups is 1. The Morgan fingerprint density at radius 1 is 1.05 bits per heavy atom. The molecule has 2 aromatic rings. The fraction of sp³-hybridized carbons (Fsp3) is 0.125. The number of para-hydroxylation sites is 1. The number of thiocarbonyl (C=S) groups is 1. The zero-order valence-electron chi connectivity index (χ0n) is 11.9. The second-order valence-electron chi connectivity index (χ2n) is 4.32. The number of hydrogen-bond acceptors (Lipinski definition) is 4. The molecule has 0 spiro atoms. The molecule has 114 valence electrons. The van der Waals surface area contributed by atoms with Gasteiger partial charge in [0, 0.05) is 0 Å². The SMILES string of the molecule is NC(=S)N/N=C/c1cccc(OCCOc2ccccc2)c1. The standard InChI is InChI=1S/C16H17N3O2S/c17-16(22)19-18-12-13-5-4-8-15(11-13)21-10-9-20-14-6-2-1-3-7-14/h1-8,11-12H,9-10H2,(H3,17,19,22)/b18-12+. The maximum absolute atomic E-state index is 5.64. The predicted molar refractivity (Wildman–Crippen MR) is 91.4 cm³/mol. The van der Waals surface area contributed by atoms with Crippen LogP contribution in [0.15, 0.2) is 59.7 Å². The Labute approximate surface area is 134 Å². The fourth-order valence-corrected chi connectivity index (χ4v) is 1.74. The molecule has 2 aromatic carbocycles. The minimum Gasteiger partial charge on any atom is -0.490 e. The summed E-state index contributed by atoms with van der Waals surface area (Å²) < 4.78 is 11.2. The monoisotopic (exact) mass is 315 g/mol. The molecule has 5 nitrogen and oxygen atoms in total. The first kappa shape index (κ1) is 15.8. The molecule has 0 fully saturated rings. The van der Waals surface area contributed by atoms with Crippen molar-refractivity contribution in [2.75, 3.05) is 13.2 Å².